The summed E-state index contributed by atoms with van der Waals surface area (Å²) in [4.78, 5) is 63.6. The third-order valence-corrected chi connectivity index (χ3v) is 10.5. The number of nitrogens with one attached hydrogen (secondary N) is 4. The number of sulfone groups is 1. The number of carbonyl (C=O) groups is 5. The predicted molar refractivity (Wildman–Crippen MR) is 190 cm³/mol. The SMILES string of the molecule is CC(C)[C@H](NC(=O)C(NC(=O)[C@H](CC(=O)O)NC(=O)OCc1ccccc1)C1Cc2ccccc2C1)C(O)N[C@H](/C=C/S(=O)(=O)C(C)C)CC(=O)O. The number of fused-ring (bicyclic) bond motifs is 1. The maximum absolute atomic E-state index is 14.1. The minimum atomic E-state index is -3.69. The number of hydrogen-bond acceptors (Lipinski definition) is 10. The van der Waals surface area contributed by atoms with Gasteiger partial charge in [0.1, 0.15) is 24.9 Å². The molecule has 284 valence electrons. The lowest BCUT2D eigenvalue weighted by molar-refractivity contribution is -0.140. The molecule has 2 aromatic rings. The van der Waals surface area contributed by atoms with Crippen LogP contribution in [0.3, 0.4) is 0 Å². The number of amides is 3. The molecule has 0 spiro atoms. The number of hydrogen-bond donors (Lipinski definition) is 7. The molecular formula is C36H48N4O11S. The number of aliphatic hydroxyl groups excluding tert-OH is 1. The zero-order valence-corrected chi connectivity index (χ0v) is 30.3. The van der Waals surface area contributed by atoms with E-state index in [1.165, 1.54) is 13.8 Å². The van der Waals surface area contributed by atoms with Crippen molar-refractivity contribution >= 4 is 39.7 Å². The van der Waals surface area contributed by atoms with Crippen LogP contribution in [0.2, 0.25) is 0 Å². The zero-order chi connectivity index (χ0) is 38.6. The molecule has 0 heterocycles. The fourth-order valence-corrected chi connectivity index (χ4v) is 6.41. The molecule has 0 radical (unpaired) electrons. The Balaban J connectivity index is 1.83. The fourth-order valence-electron chi connectivity index (χ4n) is 5.69. The number of carboxylic acid groups (broad SMARTS) is 2. The first-order valence-electron chi connectivity index (χ1n) is 16.9. The molecule has 2 aromatic carbocycles. The first-order valence-corrected chi connectivity index (χ1v) is 18.5. The summed E-state index contributed by atoms with van der Waals surface area (Å²) in [5.41, 5.74) is 2.56. The number of carboxylic acids is 2. The Bertz CT molecular complexity index is 1670. The van der Waals surface area contributed by atoms with Crippen molar-refractivity contribution in [3.05, 3.63) is 82.8 Å². The number of carbonyl (C=O) groups excluding carboxylic acids is 3. The molecule has 15 nitrogen and oxygen atoms in total. The highest BCUT2D eigenvalue weighted by molar-refractivity contribution is 7.94. The van der Waals surface area contributed by atoms with Crippen LogP contribution in [0.4, 0.5) is 4.79 Å². The zero-order valence-electron chi connectivity index (χ0n) is 29.5. The van der Waals surface area contributed by atoms with Gasteiger partial charge in [-0.2, -0.15) is 0 Å². The Labute approximate surface area is 303 Å². The Morgan fingerprint density at radius 3 is 1.94 bits per heavy atom. The van der Waals surface area contributed by atoms with Crippen LogP contribution >= 0.6 is 0 Å². The summed E-state index contributed by atoms with van der Waals surface area (Å²) in [6.45, 7) is 6.17. The largest absolute Gasteiger partial charge is 0.481 e. The molecule has 1 aliphatic rings. The molecule has 7 N–H and O–H groups in total. The van der Waals surface area contributed by atoms with E-state index in [0.29, 0.717) is 18.4 Å². The Morgan fingerprint density at radius 2 is 1.40 bits per heavy atom. The number of aliphatic hydroxyl groups is 1. The number of alkyl carbamates (subject to hydrolysis) is 1. The molecular weight excluding hydrogens is 696 g/mol. The standard InChI is InChI=1S/C36H48N4O11S/c1-21(2)31(34(46)37-27(18-29(41)42)14-15-52(49,50)22(3)4)39-35(47)32(26-16-24-12-8-9-13-25(24)17-26)40-33(45)28(19-30(43)44)38-36(48)51-20-23-10-6-5-7-11-23/h5-15,21-22,26-28,31-32,34,37,46H,16-20H2,1-4H3,(H,38,48)(H,39,47)(H,40,45)(H,41,42)(H,43,44)/b15-14+/t27-,28+,31+,32?,34?/m1/s1. The van der Waals surface area contributed by atoms with E-state index in [1.807, 2.05) is 24.3 Å². The van der Waals surface area contributed by atoms with Crippen molar-refractivity contribution < 1.29 is 52.4 Å². The number of rotatable bonds is 19. The van der Waals surface area contributed by atoms with Crippen LogP contribution in [0.1, 0.15) is 57.2 Å². The molecule has 0 aromatic heterocycles. The first-order chi connectivity index (χ1) is 24.5. The summed E-state index contributed by atoms with van der Waals surface area (Å²) >= 11 is 0. The Kier molecular flexibility index (Phi) is 15.3. The Hall–Kier alpha value is -4.80. The maximum atomic E-state index is 14.1. The van der Waals surface area contributed by atoms with Gasteiger partial charge in [-0.05, 0) is 55.2 Å². The van der Waals surface area contributed by atoms with Crippen LogP contribution in [-0.2, 0) is 53.2 Å². The van der Waals surface area contributed by atoms with Gasteiger partial charge < -0.3 is 36.0 Å². The normalized spacial score (nSPS) is 16.1. The van der Waals surface area contributed by atoms with E-state index < -0.39 is 100 Å². The third kappa shape index (κ3) is 12.8. The van der Waals surface area contributed by atoms with E-state index in [-0.39, 0.29) is 6.61 Å². The molecule has 2 unspecified atom stereocenters. The summed E-state index contributed by atoms with van der Waals surface area (Å²) in [5, 5.41) is 40.7. The summed E-state index contributed by atoms with van der Waals surface area (Å²) in [5.74, 6) is -5.29. The lowest BCUT2D eigenvalue weighted by Gasteiger charge is -2.33. The molecule has 0 bridgehead atoms. The smallest absolute Gasteiger partial charge is 0.408 e. The monoisotopic (exact) mass is 744 g/mol. The topological polar surface area (TPSA) is 238 Å². The van der Waals surface area contributed by atoms with Crippen LogP contribution in [-0.4, -0.2) is 89.2 Å². The molecule has 1 aliphatic carbocycles. The summed E-state index contributed by atoms with van der Waals surface area (Å²) < 4.78 is 29.9. The van der Waals surface area contributed by atoms with Crippen LogP contribution < -0.4 is 21.3 Å². The second kappa shape index (κ2) is 19.2. The van der Waals surface area contributed by atoms with Crippen LogP contribution in [0.5, 0.6) is 0 Å². The van der Waals surface area contributed by atoms with Crippen molar-refractivity contribution in [2.75, 3.05) is 0 Å². The van der Waals surface area contributed by atoms with E-state index in [0.717, 1.165) is 22.6 Å². The fraction of sp³-hybridized carbons (Fsp3) is 0.472. The number of aliphatic carboxylic acids is 2. The lowest BCUT2D eigenvalue weighted by Crippen LogP contribution is -2.61. The second-order valence-electron chi connectivity index (χ2n) is 13.3. The first kappa shape index (κ1) is 41.6. The van der Waals surface area contributed by atoms with Gasteiger partial charge in [0.15, 0.2) is 9.84 Å². The van der Waals surface area contributed by atoms with Crippen molar-refractivity contribution in [3.63, 3.8) is 0 Å². The van der Waals surface area contributed by atoms with Crippen molar-refractivity contribution in [2.24, 2.45) is 11.8 Å². The number of ether oxygens (including phenoxy) is 1. The van der Waals surface area contributed by atoms with Crippen LogP contribution in [0, 0.1) is 11.8 Å². The van der Waals surface area contributed by atoms with E-state index in [1.54, 1.807) is 44.2 Å². The van der Waals surface area contributed by atoms with Gasteiger partial charge in [-0.3, -0.25) is 24.5 Å². The van der Waals surface area contributed by atoms with Crippen LogP contribution in [0.15, 0.2) is 66.1 Å². The molecule has 0 saturated heterocycles. The van der Waals surface area contributed by atoms with Gasteiger partial charge in [0, 0.05) is 11.4 Å². The van der Waals surface area contributed by atoms with Gasteiger partial charge in [-0.25, -0.2) is 13.2 Å². The van der Waals surface area contributed by atoms with E-state index >= 15 is 0 Å². The van der Waals surface area contributed by atoms with Gasteiger partial charge in [0.2, 0.25) is 11.8 Å². The van der Waals surface area contributed by atoms with E-state index in [4.69, 9.17) is 4.74 Å². The van der Waals surface area contributed by atoms with Crippen molar-refractivity contribution in [1.82, 2.24) is 21.3 Å². The third-order valence-electron chi connectivity index (χ3n) is 8.64. The lowest BCUT2D eigenvalue weighted by atomic mass is 9.93. The Morgan fingerprint density at radius 1 is 0.827 bits per heavy atom. The summed E-state index contributed by atoms with van der Waals surface area (Å²) in [6.07, 6.45) is -2.11. The highest BCUT2D eigenvalue weighted by atomic mass is 32.2. The minimum absolute atomic E-state index is 0.136. The van der Waals surface area contributed by atoms with Crippen LogP contribution in [0.25, 0.3) is 0 Å². The summed E-state index contributed by atoms with van der Waals surface area (Å²) in [6, 6.07) is 11.1. The highest BCUT2D eigenvalue weighted by Crippen LogP contribution is 2.29. The van der Waals surface area contributed by atoms with Gasteiger partial charge in [-0.1, -0.05) is 74.5 Å². The molecule has 0 saturated carbocycles. The molecule has 0 aliphatic heterocycles. The van der Waals surface area contributed by atoms with Crippen molar-refractivity contribution in [1.29, 1.82) is 0 Å². The van der Waals surface area contributed by atoms with Crippen molar-refractivity contribution in [3.8, 4) is 0 Å². The molecule has 5 atom stereocenters. The molecule has 3 amide bonds. The summed E-state index contributed by atoms with van der Waals surface area (Å²) in [7, 11) is -3.69. The average Bonchev–Trinajstić information content (AvgIpc) is 3.51. The van der Waals surface area contributed by atoms with E-state index in [2.05, 4.69) is 21.3 Å². The molecule has 3 rings (SSSR count). The molecule has 16 heteroatoms. The quantitative estimate of drug-likeness (QED) is 0.102. The second-order valence-corrected chi connectivity index (χ2v) is 15.7. The van der Waals surface area contributed by atoms with Gasteiger partial charge in [-0.15, -0.1) is 0 Å². The van der Waals surface area contributed by atoms with Crippen molar-refractivity contribution in [2.45, 2.75) is 95.6 Å². The predicted octanol–water partition coefficient (Wildman–Crippen LogP) is 1.88. The van der Waals surface area contributed by atoms with E-state index in [9.17, 15) is 47.7 Å². The molecule has 0 fully saturated rings. The molecule has 52 heavy (non-hydrogen) atoms. The average molecular weight is 745 g/mol. The van der Waals surface area contributed by atoms with Gasteiger partial charge in [0.05, 0.1) is 24.1 Å². The van der Waals surface area contributed by atoms with Gasteiger partial charge in [0.25, 0.3) is 0 Å². The highest BCUT2D eigenvalue weighted by Gasteiger charge is 2.38. The maximum Gasteiger partial charge on any atom is 0.408 e. The van der Waals surface area contributed by atoms with Gasteiger partial charge >= 0.3 is 18.0 Å². The number of benzene rings is 2. The minimum Gasteiger partial charge on any atom is -0.481 e.